The summed E-state index contributed by atoms with van der Waals surface area (Å²) in [5.74, 6) is 5.25. The average Bonchev–Trinajstić information content (AvgIpc) is 3.19. The lowest BCUT2D eigenvalue weighted by molar-refractivity contribution is -0.151. The molecule has 3 saturated carbocycles. The predicted molar refractivity (Wildman–Crippen MR) is 150 cm³/mol. The first-order valence-electron chi connectivity index (χ1n) is 15.8. The van der Waals surface area contributed by atoms with Gasteiger partial charge in [0, 0.05) is 12.8 Å². The van der Waals surface area contributed by atoms with Gasteiger partial charge in [-0.2, -0.15) is 0 Å². The van der Waals surface area contributed by atoms with Crippen LogP contribution in [0.2, 0.25) is 0 Å². The molecule has 0 saturated heterocycles. The van der Waals surface area contributed by atoms with Gasteiger partial charge in [0.1, 0.15) is 6.10 Å². The molecule has 0 aromatic carbocycles. The molecule has 4 unspecified atom stereocenters. The van der Waals surface area contributed by atoms with Gasteiger partial charge in [-0.1, -0.05) is 72.0 Å². The standard InChI is InChI=1S/C33H57NO2/c1-23(2)10-9-11-24(3)28-15-16-29-27-14-13-25-22-26(36-31(35)12-7-6-8-21-34)17-19-32(25,4)30(27)18-20-33(28,29)5/h13,23-24,26-30H,6-12,14-22,34H2,1-5H3/t24-,26?,27?,28-,29?,30?,32+,33-/m0/s1. The van der Waals surface area contributed by atoms with Crippen LogP contribution in [0.4, 0.5) is 0 Å². The molecule has 0 aromatic rings. The fourth-order valence-corrected chi connectivity index (χ4v) is 9.59. The van der Waals surface area contributed by atoms with Crippen LogP contribution < -0.4 is 5.73 Å². The van der Waals surface area contributed by atoms with Crippen LogP contribution in [0.25, 0.3) is 0 Å². The van der Waals surface area contributed by atoms with Crippen molar-refractivity contribution in [1.82, 2.24) is 0 Å². The third-order valence-corrected chi connectivity index (χ3v) is 11.6. The van der Waals surface area contributed by atoms with Crippen LogP contribution in [-0.4, -0.2) is 18.6 Å². The van der Waals surface area contributed by atoms with E-state index in [1.165, 1.54) is 57.8 Å². The zero-order chi connectivity index (χ0) is 25.9. The Hall–Kier alpha value is -0.830. The molecule has 0 aromatic heterocycles. The molecule has 4 aliphatic carbocycles. The minimum Gasteiger partial charge on any atom is -0.462 e. The molecule has 3 heteroatoms. The first kappa shape index (κ1) is 28.2. The molecular formula is C33H57NO2. The van der Waals surface area contributed by atoms with Crippen LogP contribution in [0.3, 0.4) is 0 Å². The summed E-state index contributed by atoms with van der Waals surface area (Å²) >= 11 is 0. The first-order chi connectivity index (χ1) is 17.2. The van der Waals surface area contributed by atoms with Crippen molar-refractivity contribution in [2.45, 2.75) is 137 Å². The van der Waals surface area contributed by atoms with Gasteiger partial charge in [0.05, 0.1) is 0 Å². The number of fused-ring (bicyclic) bond motifs is 5. The van der Waals surface area contributed by atoms with Gasteiger partial charge >= 0.3 is 5.97 Å². The number of esters is 1. The van der Waals surface area contributed by atoms with Gasteiger partial charge in [-0.05, 0) is 111 Å². The number of rotatable bonds is 11. The van der Waals surface area contributed by atoms with E-state index in [1.54, 1.807) is 5.57 Å². The molecule has 3 fully saturated rings. The van der Waals surface area contributed by atoms with Crippen LogP contribution in [-0.2, 0) is 9.53 Å². The summed E-state index contributed by atoms with van der Waals surface area (Å²) in [5.41, 5.74) is 8.08. The first-order valence-corrected chi connectivity index (χ1v) is 15.8. The monoisotopic (exact) mass is 499 g/mol. The van der Waals surface area contributed by atoms with Crippen molar-refractivity contribution < 1.29 is 9.53 Å². The van der Waals surface area contributed by atoms with Crippen molar-refractivity contribution in [2.75, 3.05) is 6.54 Å². The molecule has 0 heterocycles. The van der Waals surface area contributed by atoms with E-state index in [2.05, 4.69) is 40.7 Å². The Morgan fingerprint density at radius 1 is 1.00 bits per heavy atom. The summed E-state index contributed by atoms with van der Waals surface area (Å²) in [7, 11) is 0. The van der Waals surface area contributed by atoms with Crippen LogP contribution in [0.1, 0.15) is 131 Å². The van der Waals surface area contributed by atoms with E-state index in [9.17, 15) is 4.79 Å². The van der Waals surface area contributed by atoms with Crippen LogP contribution in [0.5, 0.6) is 0 Å². The lowest BCUT2D eigenvalue weighted by Crippen LogP contribution is -2.51. The molecule has 2 N–H and O–H groups in total. The summed E-state index contributed by atoms with van der Waals surface area (Å²) in [6.45, 7) is 13.3. The molecule has 4 aliphatic rings. The Morgan fingerprint density at radius 2 is 1.81 bits per heavy atom. The highest BCUT2D eigenvalue weighted by Crippen LogP contribution is 2.67. The van der Waals surface area contributed by atoms with Crippen molar-refractivity contribution in [3.05, 3.63) is 11.6 Å². The second kappa shape index (κ2) is 11.9. The van der Waals surface area contributed by atoms with Gasteiger partial charge < -0.3 is 10.5 Å². The number of unbranched alkanes of at least 4 members (excludes halogenated alkanes) is 2. The normalized spacial score (nSPS) is 38.6. The quantitative estimate of drug-likeness (QED) is 0.176. The van der Waals surface area contributed by atoms with E-state index in [4.69, 9.17) is 10.5 Å². The average molecular weight is 500 g/mol. The second-order valence-corrected chi connectivity index (χ2v) is 14.2. The summed E-state index contributed by atoms with van der Waals surface area (Å²) < 4.78 is 5.96. The van der Waals surface area contributed by atoms with Gasteiger partial charge in [-0.15, -0.1) is 0 Å². The highest BCUT2D eigenvalue weighted by Gasteiger charge is 2.59. The highest BCUT2D eigenvalue weighted by atomic mass is 16.5. The summed E-state index contributed by atoms with van der Waals surface area (Å²) in [5, 5.41) is 0. The Bertz CT molecular complexity index is 774. The number of carbonyl (C=O) groups is 1. The van der Waals surface area contributed by atoms with E-state index in [0.717, 1.165) is 67.6 Å². The molecule has 3 nitrogen and oxygen atoms in total. The Labute approximate surface area is 222 Å². The number of ether oxygens (including phenoxy) is 1. The maximum Gasteiger partial charge on any atom is 0.306 e. The highest BCUT2D eigenvalue weighted by molar-refractivity contribution is 5.69. The van der Waals surface area contributed by atoms with E-state index in [0.29, 0.717) is 23.8 Å². The fourth-order valence-electron chi connectivity index (χ4n) is 9.59. The molecule has 0 spiro atoms. The van der Waals surface area contributed by atoms with Crippen molar-refractivity contribution in [3.63, 3.8) is 0 Å². The van der Waals surface area contributed by atoms with Gasteiger partial charge in [0.25, 0.3) is 0 Å². The number of hydrogen-bond donors (Lipinski definition) is 1. The van der Waals surface area contributed by atoms with Crippen molar-refractivity contribution in [1.29, 1.82) is 0 Å². The predicted octanol–water partition coefficient (Wildman–Crippen LogP) is 8.46. The number of hydrogen-bond acceptors (Lipinski definition) is 3. The van der Waals surface area contributed by atoms with E-state index in [-0.39, 0.29) is 12.1 Å². The third kappa shape index (κ3) is 5.76. The summed E-state index contributed by atoms with van der Waals surface area (Å²) in [6.07, 6.45) is 20.7. The molecule has 0 bridgehead atoms. The molecule has 8 atom stereocenters. The van der Waals surface area contributed by atoms with Crippen molar-refractivity contribution in [3.8, 4) is 0 Å². The summed E-state index contributed by atoms with van der Waals surface area (Å²) in [4.78, 5) is 12.4. The largest absolute Gasteiger partial charge is 0.462 e. The molecule has 206 valence electrons. The minimum absolute atomic E-state index is 0.00264. The van der Waals surface area contributed by atoms with Gasteiger partial charge in [-0.25, -0.2) is 0 Å². The van der Waals surface area contributed by atoms with Crippen molar-refractivity contribution >= 4 is 5.97 Å². The molecule has 0 aliphatic heterocycles. The van der Waals surface area contributed by atoms with E-state index in [1.807, 2.05) is 0 Å². The van der Waals surface area contributed by atoms with Crippen LogP contribution >= 0.6 is 0 Å². The molecular weight excluding hydrogens is 442 g/mol. The third-order valence-electron chi connectivity index (χ3n) is 11.6. The Balaban J connectivity index is 1.36. The zero-order valence-electron chi connectivity index (χ0n) is 24.3. The summed E-state index contributed by atoms with van der Waals surface area (Å²) in [6, 6.07) is 0. The smallest absolute Gasteiger partial charge is 0.306 e. The number of carbonyl (C=O) groups excluding carboxylic acids is 1. The molecule has 0 radical (unpaired) electrons. The van der Waals surface area contributed by atoms with Gasteiger partial charge in [0.15, 0.2) is 0 Å². The van der Waals surface area contributed by atoms with Crippen molar-refractivity contribution in [2.24, 2.45) is 52.1 Å². The topological polar surface area (TPSA) is 52.3 Å². The SMILES string of the molecule is CC(C)CCC[C@H](C)[C@@H]1CCC2C3CC=C4CC(OC(=O)CCCCCN)CC[C@@]4(C)C3CC[C@]21C. The molecule has 36 heavy (non-hydrogen) atoms. The Kier molecular flexibility index (Phi) is 9.33. The second-order valence-electron chi connectivity index (χ2n) is 14.2. The number of allylic oxidation sites excluding steroid dienone is 1. The number of nitrogens with two attached hydrogens (primary N) is 1. The maximum absolute atomic E-state index is 12.4. The minimum atomic E-state index is 0.00264. The van der Waals surface area contributed by atoms with Gasteiger partial charge in [0.2, 0.25) is 0 Å². The lowest BCUT2D eigenvalue weighted by atomic mass is 9.47. The van der Waals surface area contributed by atoms with Gasteiger partial charge in [-0.3, -0.25) is 4.79 Å². The van der Waals surface area contributed by atoms with Crippen LogP contribution in [0.15, 0.2) is 11.6 Å². The fraction of sp³-hybridized carbons (Fsp3) is 0.909. The zero-order valence-corrected chi connectivity index (χ0v) is 24.3. The van der Waals surface area contributed by atoms with E-state index < -0.39 is 0 Å². The van der Waals surface area contributed by atoms with E-state index >= 15 is 0 Å². The molecule has 0 amide bonds. The molecule has 4 rings (SSSR count). The van der Waals surface area contributed by atoms with Crippen LogP contribution in [0, 0.1) is 46.3 Å². The Morgan fingerprint density at radius 3 is 2.56 bits per heavy atom. The lowest BCUT2D eigenvalue weighted by Gasteiger charge is -2.58. The maximum atomic E-state index is 12.4.